The zero-order valence-electron chi connectivity index (χ0n) is 10.0. The lowest BCUT2D eigenvalue weighted by atomic mass is 9.96. The monoisotopic (exact) mass is 236 g/mol. The normalized spacial score (nSPS) is 24.8. The van der Waals surface area contributed by atoms with Crippen LogP contribution >= 0.6 is 0 Å². The zero-order valence-corrected chi connectivity index (χ0v) is 10.0. The fourth-order valence-corrected chi connectivity index (χ4v) is 2.12. The molecular formula is C13H17FN2O. The van der Waals surface area contributed by atoms with Crippen molar-refractivity contribution in [2.45, 2.75) is 25.9 Å². The molecule has 2 atom stereocenters. The molecule has 1 aromatic carbocycles. The smallest absolute Gasteiger partial charge is 0.237 e. The van der Waals surface area contributed by atoms with E-state index in [1.807, 2.05) is 13.8 Å². The highest BCUT2D eigenvalue weighted by Crippen LogP contribution is 2.20. The molecule has 1 aromatic rings. The molecule has 4 heteroatoms. The van der Waals surface area contributed by atoms with E-state index in [1.165, 1.54) is 6.07 Å². The SMILES string of the molecule is CC(C)C1NC(c2ccccc2F)CNC1=O. The molecule has 1 heterocycles. The number of carbonyl (C=O) groups is 1. The number of rotatable bonds is 2. The quantitative estimate of drug-likeness (QED) is 0.819. The molecule has 17 heavy (non-hydrogen) atoms. The van der Waals surface area contributed by atoms with E-state index < -0.39 is 0 Å². The summed E-state index contributed by atoms with van der Waals surface area (Å²) in [4.78, 5) is 11.6. The summed E-state index contributed by atoms with van der Waals surface area (Å²) in [5.41, 5.74) is 0.609. The summed E-state index contributed by atoms with van der Waals surface area (Å²) >= 11 is 0. The highest BCUT2D eigenvalue weighted by molar-refractivity contribution is 5.83. The number of hydrogen-bond acceptors (Lipinski definition) is 2. The van der Waals surface area contributed by atoms with Crippen LogP contribution in [0.15, 0.2) is 24.3 Å². The highest BCUT2D eigenvalue weighted by Gasteiger charge is 2.31. The van der Waals surface area contributed by atoms with E-state index in [0.29, 0.717) is 12.1 Å². The lowest BCUT2D eigenvalue weighted by Crippen LogP contribution is -2.56. The van der Waals surface area contributed by atoms with Crippen molar-refractivity contribution >= 4 is 5.91 Å². The summed E-state index contributed by atoms with van der Waals surface area (Å²) in [6.07, 6.45) is 0. The minimum absolute atomic E-state index is 0.00686. The first-order valence-electron chi connectivity index (χ1n) is 5.87. The Balaban J connectivity index is 2.19. The third kappa shape index (κ3) is 2.47. The first kappa shape index (κ1) is 12.0. The van der Waals surface area contributed by atoms with Crippen molar-refractivity contribution in [3.8, 4) is 0 Å². The second kappa shape index (κ2) is 4.84. The van der Waals surface area contributed by atoms with Gasteiger partial charge in [-0.05, 0) is 12.0 Å². The topological polar surface area (TPSA) is 41.1 Å². The molecule has 2 rings (SSSR count). The molecule has 0 saturated carbocycles. The molecule has 2 N–H and O–H groups in total. The number of nitrogens with one attached hydrogen (secondary N) is 2. The van der Waals surface area contributed by atoms with Gasteiger partial charge in [0.15, 0.2) is 0 Å². The summed E-state index contributed by atoms with van der Waals surface area (Å²) in [6.45, 7) is 4.38. The fourth-order valence-electron chi connectivity index (χ4n) is 2.12. The average molecular weight is 236 g/mol. The van der Waals surface area contributed by atoms with Gasteiger partial charge in [-0.3, -0.25) is 10.1 Å². The summed E-state index contributed by atoms with van der Waals surface area (Å²) in [5.74, 6) is -0.0548. The van der Waals surface area contributed by atoms with E-state index in [4.69, 9.17) is 0 Å². The van der Waals surface area contributed by atoms with Gasteiger partial charge in [-0.15, -0.1) is 0 Å². The van der Waals surface area contributed by atoms with Gasteiger partial charge < -0.3 is 5.32 Å². The Morgan fingerprint density at radius 1 is 1.35 bits per heavy atom. The van der Waals surface area contributed by atoms with Gasteiger partial charge in [0.25, 0.3) is 0 Å². The van der Waals surface area contributed by atoms with Gasteiger partial charge in [-0.1, -0.05) is 32.0 Å². The number of halogens is 1. The largest absolute Gasteiger partial charge is 0.353 e. The highest BCUT2D eigenvalue weighted by atomic mass is 19.1. The Bertz CT molecular complexity index is 420. The predicted octanol–water partition coefficient (Wildman–Crippen LogP) is 1.61. The van der Waals surface area contributed by atoms with E-state index in [9.17, 15) is 9.18 Å². The van der Waals surface area contributed by atoms with E-state index in [0.717, 1.165) is 0 Å². The van der Waals surface area contributed by atoms with Crippen LogP contribution in [0.5, 0.6) is 0 Å². The van der Waals surface area contributed by atoms with Gasteiger partial charge in [0.1, 0.15) is 5.82 Å². The summed E-state index contributed by atoms with van der Waals surface area (Å²) in [6, 6.07) is 6.26. The Labute approximate surface area is 100 Å². The van der Waals surface area contributed by atoms with Crippen LogP contribution in [-0.2, 0) is 4.79 Å². The first-order valence-corrected chi connectivity index (χ1v) is 5.87. The van der Waals surface area contributed by atoms with Gasteiger partial charge in [0.2, 0.25) is 5.91 Å². The zero-order chi connectivity index (χ0) is 12.4. The lowest BCUT2D eigenvalue weighted by Gasteiger charge is -2.33. The Hall–Kier alpha value is -1.42. The van der Waals surface area contributed by atoms with Crippen molar-refractivity contribution in [3.63, 3.8) is 0 Å². The number of carbonyl (C=O) groups excluding carboxylic acids is 1. The van der Waals surface area contributed by atoms with Gasteiger partial charge in [-0.25, -0.2) is 4.39 Å². The van der Waals surface area contributed by atoms with E-state index in [-0.39, 0.29) is 29.7 Å². The average Bonchev–Trinajstić information content (AvgIpc) is 2.30. The molecule has 1 aliphatic heterocycles. The summed E-state index contributed by atoms with van der Waals surface area (Å²) in [5, 5.41) is 6.03. The molecule has 0 spiro atoms. The molecule has 0 aromatic heterocycles. The van der Waals surface area contributed by atoms with Crippen LogP contribution in [-0.4, -0.2) is 18.5 Å². The van der Waals surface area contributed by atoms with Crippen LogP contribution < -0.4 is 10.6 Å². The van der Waals surface area contributed by atoms with E-state index in [2.05, 4.69) is 10.6 Å². The van der Waals surface area contributed by atoms with Gasteiger partial charge in [-0.2, -0.15) is 0 Å². The van der Waals surface area contributed by atoms with Crippen molar-refractivity contribution in [1.82, 2.24) is 10.6 Å². The third-order valence-corrected chi connectivity index (χ3v) is 3.09. The Morgan fingerprint density at radius 3 is 2.71 bits per heavy atom. The molecule has 0 aliphatic carbocycles. The molecule has 1 saturated heterocycles. The van der Waals surface area contributed by atoms with Crippen molar-refractivity contribution < 1.29 is 9.18 Å². The lowest BCUT2D eigenvalue weighted by molar-refractivity contribution is -0.126. The van der Waals surface area contributed by atoms with Crippen LogP contribution in [0.1, 0.15) is 25.5 Å². The van der Waals surface area contributed by atoms with Gasteiger partial charge >= 0.3 is 0 Å². The third-order valence-electron chi connectivity index (χ3n) is 3.09. The van der Waals surface area contributed by atoms with Crippen LogP contribution in [0, 0.1) is 11.7 Å². The molecule has 0 radical (unpaired) electrons. The van der Waals surface area contributed by atoms with Crippen LogP contribution in [0.3, 0.4) is 0 Å². The molecule has 1 fully saturated rings. The maximum absolute atomic E-state index is 13.6. The van der Waals surface area contributed by atoms with Gasteiger partial charge in [0, 0.05) is 12.1 Å². The molecule has 1 aliphatic rings. The maximum Gasteiger partial charge on any atom is 0.237 e. The van der Waals surface area contributed by atoms with E-state index >= 15 is 0 Å². The Morgan fingerprint density at radius 2 is 2.06 bits per heavy atom. The number of amides is 1. The second-order valence-electron chi connectivity index (χ2n) is 4.71. The van der Waals surface area contributed by atoms with Crippen LogP contribution in [0.4, 0.5) is 4.39 Å². The molecule has 2 unspecified atom stereocenters. The molecule has 1 amide bonds. The fraction of sp³-hybridized carbons (Fsp3) is 0.462. The first-order chi connectivity index (χ1) is 8.09. The standard InChI is InChI=1S/C13H17FN2O/c1-8(2)12-13(17)15-7-11(16-12)9-5-3-4-6-10(9)14/h3-6,8,11-12,16H,7H2,1-2H3,(H,15,17). The summed E-state index contributed by atoms with van der Waals surface area (Å²) in [7, 11) is 0. The number of piperazine rings is 1. The van der Waals surface area contributed by atoms with Crippen molar-refractivity contribution in [3.05, 3.63) is 35.6 Å². The van der Waals surface area contributed by atoms with E-state index in [1.54, 1.807) is 18.2 Å². The Kier molecular flexibility index (Phi) is 3.43. The molecule has 92 valence electrons. The van der Waals surface area contributed by atoms with Crippen molar-refractivity contribution in [1.29, 1.82) is 0 Å². The number of benzene rings is 1. The molecular weight excluding hydrogens is 219 g/mol. The predicted molar refractivity (Wildman–Crippen MR) is 63.9 cm³/mol. The second-order valence-corrected chi connectivity index (χ2v) is 4.71. The van der Waals surface area contributed by atoms with Crippen molar-refractivity contribution in [2.24, 2.45) is 5.92 Å². The minimum Gasteiger partial charge on any atom is -0.353 e. The van der Waals surface area contributed by atoms with Crippen molar-refractivity contribution in [2.75, 3.05) is 6.54 Å². The summed E-state index contributed by atoms with van der Waals surface area (Å²) < 4.78 is 13.6. The number of hydrogen-bond donors (Lipinski definition) is 2. The minimum atomic E-state index is -0.256. The molecule has 0 bridgehead atoms. The maximum atomic E-state index is 13.6. The van der Waals surface area contributed by atoms with Crippen LogP contribution in [0.2, 0.25) is 0 Å². The molecule has 3 nitrogen and oxygen atoms in total. The van der Waals surface area contributed by atoms with Gasteiger partial charge in [0.05, 0.1) is 12.1 Å². The van der Waals surface area contributed by atoms with Crippen LogP contribution in [0.25, 0.3) is 0 Å².